The number of sulfonamides is 1. The molecule has 0 aliphatic heterocycles. The maximum atomic E-state index is 12.2. The van der Waals surface area contributed by atoms with Gasteiger partial charge in [0.1, 0.15) is 15.5 Å². The minimum Gasteiger partial charge on any atom is -0.477 e. The van der Waals surface area contributed by atoms with Crippen LogP contribution in [0, 0.1) is 0 Å². The van der Waals surface area contributed by atoms with E-state index in [0.717, 1.165) is 17.4 Å². The van der Waals surface area contributed by atoms with Crippen molar-refractivity contribution in [3.05, 3.63) is 38.9 Å². The minimum absolute atomic E-state index is 0.0529. The highest BCUT2D eigenvalue weighted by Crippen LogP contribution is 2.32. The number of thiophene rings is 1. The highest BCUT2D eigenvalue weighted by molar-refractivity contribution is 9.11. The molecule has 0 radical (unpaired) electrons. The zero-order valence-electron chi connectivity index (χ0n) is 10.2. The maximum Gasteiger partial charge on any atom is 0.345 e. The molecule has 20 heavy (non-hydrogen) atoms. The molecule has 0 aromatic carbocycles. The number of carboxylic acid groups (broad SMARTS) is 1. The largest absolute Gasteiger partial charge is 0.477 e. The van der Waals surface area contributed by atoms with E-state index < -0.39 is 22.0 Å². The Bertz CT molecular complexity index is 720. The first-order chi connectivity index (χ1) is 9.31. The Morgan fingerprint density at radius 1 is 1.55 bits per heavy atom. The van der Waals surface area contributed by atoms with E-state index in [1.54, 1.807) is 19.1 Å². The molecule has 2 aromatic rings. The van der Waals surface area contributed by atoms with Gasteiger partial charge in [-0.3, -0.25) is 0 Å². The number of carbonyl (C=O) groups is 1. The molecule has 0 amide bonds. The molecule has 0 fully saturated rings. The van der Waals surface area contributed by atoms with Gasteiger partial charge in [-0.1, -0.05) is 0 Å². The second kappa shape index (κ2) is 5.68. The standard InChI is InChI=1S/C11H10BrNO5S2/c1-6(7-3-2-4-18-7)13-20(16,17)9-5-8(11(14)15)19-10(9)12/h2-6,13H,1H3,(H,14,15)/t6-/m1/s1. The van der Waals surface area contributed by atoms with Crippen molar-refractivity contribution in [3.8, 4) is 0 Å². The minimum atomic E-state index is -3.84. The Kier molecular flexibility index (Phi) is 4.33. The van der Waals surface area contributed by atoms with Crippen LogP contribution < -0.4 is 4.72 Å². The summed E-state index contributed by atoms with van der Waals surface area (Å²) >= 11 is 3.92. The third-order valence-electron chi connectivity index (χ3n) is 2.46. The number of halogens is 1. The summed E-state index contributed by atoms with van der Waals surface area (Å²) in [5, 5.41) is 8.88. The molecule has 0 spiro atoms. The number of aromatic carboxylic acids is 1. The third kappa shape index (κ3) is 3.11. The maximum absolute atomic E-state index is 12.2. The van der Waals surface area contributed by atoms with Gasteiger partial charge in [-0.2, -0.15) is 0 Å². The normalized spacial score (nSPS) is 13.3. The fourth-order valence-corrected chi connectivity index (χ4v) is 5.15. The fourth-order valence-electron chi connectivity index (χ4n) is 1.53. The summed E-state index contributed by atoms with van der Waals surface area (Å²) in [5.41, 5.74) is 0. The van der Waals surface area contributed by atoms with E-state index in [1.165, 1.54) is 6.26 Å². The average molecular weight is 380 g/mol. The average Bonchev–Trinajstić information content (AvgIpc) is 2.96. The fraction of sp³-hybridized carbons (Fsp3) is 0.182. The van der Waals surface area contributed by atoms with E-state index >= 15 is 0 Å². The molecular weight excluding hydrogens is 370 g/mol. The molecule has 0 saturated heterocycles. The van der Waals surface area contributed by atoms with Crippen molar-refractivity contribution >= 4 is 43.3 Å². The molecule has 0 unspecified atom stereocenters. The molecule has 2 heterocycles. The highest BCUT2D eigenvalue weighted by atomic mass is 79.9. The summed E-state index contributed by atoms with van der Waals surface area (Å²) in [6.45, 7) is 1.63. The van der Waals surface area contributed by atoms with Crippen LogP contribution in [-0.4, -0.2) is 19.5 Å². The van der Waals surface area contributed by atoms with Crippen molar-refractivity contribution in [1.82, 2.24) is 4.72 Å². The molecule has 1 atom stereocenters. The predicted octanol–water partition coefficient (Wildman–Crippen LogP) is 2.84. The summed E-state index contributed by atoms with van der Waals surface area (Å²) in [6.07, 6.45) is 1.45. The third-order valence-corrected chi connectivity index (χ3v) is 6.24. The van der Waals surface area contributed by atoms with Gasteiger partial charge in [0.05, 0.1) is 16.1 Å². The molecule has 108 valence electrons. The molecule has 0 bridgehead atoms. The van der Waals surface area contributed by atoms with Gasteiger partial charge < -0.3 is 9.52 Å². The van der Waals surface area contributed by atoms with Crippen molar-refractivity contribution < 1.29 is 22.7 Å². The topological polar surface area (TPSA) is 96.6 Å². The lowest BCUT2D eigenvalue weighted by Crippen LogP contribution is -2.26. The van der Waals surface area contributed by atoms with Crippen molar-refractivity contribution in [2.75, 3.05) is 0 Å². The van der Waals surface area contributed by atoms with Gasteiger partial charge in [-0.25, -0.2) is 17.9 Å². The van der Waals surface area contributed by atoms with Crippen molar-refractivity contribution in [2.45, 2.75) is 17.9 Å². The Hall–Kier alpha value is -1.16. The molecule has 2 rings (SSSR count). The van der Waals surface area contributed by atoms with Crippen molar-refractivity contribution in [1.29, 1.82) is 0 Å². The van der Waals surface area contributed by atoms with Crippen LogP contribution in [0.3, 0.4) is 0 Å². The summed E-state index contributed by atoms with van der Waals surface area (Å²) in [6, 6.07) is 3.87. The Morgan fingerprint density at radius 2 is 2.25 bits per heavy atom. The molecule has 0 saturated carbocycles. The van der Waals surface area contributed by atoms with Crippen LogP contribution in [0.1, 0.15) is 28.4 Å². The van der Waals surface area contributed by atoms with E-state index in [-0.39, 0.29) is 13.6 Å². The molecule has 2 aromatic heterocycles. The first kappa shape index (κ1) is 15.2. The van der Waals surface area contributed by atoms with Gasteiger partial charge in [0, 0.05) is 0 Å². The molecule has 9 heteroatoms. The van der Waals surface area contributed by atoms with Gasteiger partial charge in [-0.15, -0.1) is 11.3 Å². The number of nitrogens with one attached hydrogen (secondary N) is 1. The number of hydrogen-bond donors (Lipinski definition) is 2. The number of furan rings is 1. The summed E-state index contributed by atoms with van der Waals surface area (Å²) in [5.74, 6) is -0.699. The predicted molar refractivity (Wildman–Crippen MR) is 76.4 cm³/mol. The van der Waals surface area contributed by atoms with Crippen LogP contribution in [0.15, 0.2) is 37.6 Å². The molecular formula is C11H10BrNO5S2. The summed E-state index contributed by atoms with van der Waals surface area (Å²) in [7, 11) is -3.84. The number of hydrogen-bond acceptors (Lipinski definition) is 5. The van der Waals surface area contributed by atoms with E-state index in [4.69, 9.17) is 9.52 Å². The van der Waals surface area contributed by atoms with E-state index in [9.17, 15) is 13.2 Å². The quantitative estimate of drug-likeness (QED) is 0.832. The summed E-state index contributed by atoms with van der Waals surface area (Å²) in [4.78, 5) is 10.7. The van der Waals surface area contributed by atoms with Crippen LogP contribution in [0.25, 0.3) is 0 Å². The molecule has 0 aliphatic rings. The second-order valence-electron chi connectivity index (χ2n) is 3.91. The lowest BCUT2D eigenvalue weighted by molar-refractivity contribution is 0.0702. The van der Waals surface area contributed by atoms with E-state index in [0.29, 0.717) is 5.76 Å². The first-order valence-electron chi connectivity index (χ1n) is 5.39. The molecule has 6 nitrogen and oxygen atoms in total. The van der Waals surface area contributed by atoms with Crippen LogP contribution in [-0.2, 0) is 10.0 Å². The second-order valence-corrected chi connectivity index (χ2v) is 7.96. The van der Waals surface area contributed by atoms with Crippen LogP contribution in [0.4, 0.5) is 0 Å². The zero-order chi connectivity index (χ0) is 14.9. The van der Waals surface area contributed by atoms with Gasteiger partial charge in [-0.05, 0) is 41.1 Å². The Morgan fingerprint density at radius 3 is 2.75 bits per heavy atom. The van der Waals surface area contributed by atoms with E-state index in [1.807, 2.05) is 0 Å². The van der Waals surface area contributed by atoms with Crippen LogP contribution in [0.5, 0.6) is 0 Å². The lowest BCUT2D eigenvalue weighted by atomic mass is 10.3. The monoisotopic (exact) mass is 379 g/mol. The van der Waals surface area contributed by atoms with Crippen LogP contribution >= 0.6 is 27.3 Å². The lowest BCUT2D eigenvalue weighted by Gasteiger charge is -2.11. The van der Waals surface area contributed by atoms with Gasteiger partial charge >= 0.3 is 5.97 Å². The highest BCUT2D eigenvalue weighted by Gasteiger charge is 2.25. The Balaban J connectivity index is 2.29. The van der Waals surface area contributed by atoms with E-state index in [2.05, 4.69) is 20.7 Å². The number of carboxylic acids is 1. The summed E-state index contributed by atoms with van der Waals surface area (Å²) < 4.78 is 32.2. The smallest absolute Gasteiger partial charge is 0.345 e. The van der Waals surface area contributed by atoms with Gasteiger partial charge in [0.25, 0.3) is 0 Å². The van der Waals surface area contributed by atoms with Crippen LogP contribution in [0.2, 0.25) is 0 Å². The van der Waals surface area contributed by atoms with Crippen molar-refractivity contribution in [2.24, 2.45) is 0 Å². The first-order valence-corrected chi connectivity index (χ1v) is 8.49. The molecule has 0 aliphatic carbocycles. The molecule has 2 N–H and O–H groups in total. The SMILES string of the molecule is C[C@@H](NS(=O)(=O)c1cc(C(=O)O)sc1Br)c1ccco1. The Labute approximate surface area is 127 Å². The van der Waals surface area contributed by atoms with Gasteiger partial charge in [0.2, 0.25) is 10.0 Å². The number of rotatable bonds is 5. The van der Waals surface area contributed by atoms with Gasteiger partial charge in [0.15, 0.2) is 0 Å². The zero-order valence-corrected chi connectivity index (χ0v) is 13.4. The van der Waals surface area contributed by atoms with Crippen molar-refractivity contribution in [3.63, 3.8) is 0 Å².